The summed E-state index contributed by atoms with van der Waals surface area (Å²) >= 11 is 8.40. The van der Waals surface area contributed by atoms with E-state index in [1.807, 2.05) is 37.3 Å². The number of aromatic nitrogens is 1. The Morgan fingerprint density at radius 2 is 2.00 bits per heavy atom. The van der Waals surface area contributed by atoms with Gasteiger partial charge in [0.15, 0.2) is 0 Å². The summed E-state index contributed by atoms with van der Waals surface area (Å²) in [6, 6.07) is 9.70. The first-order chi connectivity index (χ1) is 8.56. The molecule has 3 nitrogen and oxygen atoms in total. The Hall–Kier alpha value is -1.46. The predicted molar refractivity (Wildman–Crippen MR) is 82.3 cm³/mol. The number of nitrogens with one attached hydrogen (secondary N) is 1. The predicted octanol–water partition coefficient (Wildman–Crippen LogP) is 3.53. The highest BCUT2D eigenvalue weighted by Gasteiger charge is 2.04. The van der Waals surface area contributed by atoms with E-state index in [4.69, 9.17) is 18.0 Å². The van der Waals surface area contributed by atoms with Gasteiger partial charge in [-0.2, -0.15) is 0 Å². The van der Waals surface area contributed by atoms with Crippen LogP contribution in [0.4, 0.5) is 11.4 Å². The number of benzene rings is 1. The number of rotatable bonds is 3. The van der Waals surface area contributed by atoms with Gasteiger partial charge in [0, 0.05) is 21.4 Å². The molecule has 3 N–H and O–H groups in total. The molecule has 0 saturated carbocycles. The summed E-state index contributed by atoms with van der Waals surface area (Å²) in [4.78, 5) is 4.61. The van der Waals surface area contributed by atoms with Gasteiger partial charge >= 0.3 is 0 Å². The molecule has 1 aromatic heterocycles. The Labute approximate surface area is 120 Å². The van der Waals surface area contributed by atoms with E-state index in [9.17, 15) is 0 Å². The van der Waals surface area contributed by atoms with Gasteiger partial charge in [-0.05, 0) is 53.2 Å². The summed E-state index contributed by atoms with van der Waals surface area (Å²) in [7, 11) is 0. The van der Waals surface area contributed by atoms with Gasteiger partial charge in [-0.25, -0.2) is 0 Å². The molecule has 0 unspecified atom stereocenters. The minimum Gasteiger partial charge on any atom is -0.389 e. The van der Waals surface area contributed by atoms with Gasteiger partial charge < -0.3 is 11.1 Å². The summed E-state index contributed by atoms with van der Waals surface area (Å²) in [5.41, 5.74) is 9.32. The largest absolute Gasteiger partial charge is 0.389 e. The number of hydrogen-bond acceptors (Lipinski definition) is 3. The second-order valence-corrected chi connectivity index (χ2v) is 5.17. The van der Waals surface area contributed by atoms with Crippen molar-refractivity contribution in [2.45, 2.75) is 6.92 Å². The van der Waals surface area contributed by atoms with E-state index in [-0.39, 0.29) is 0 Å². The van der Waals surface area contributed by atoms with Crippen LogP contribution in [0.2, 0.25) is 0 Å². The maximum atomic E-state index is 5.60. The van der Waals surface area contributed by atoms with Crippen LogP contribution in [0.3, 0.4) is 0 Å². The molecule has 0 radical (unpaired) electrons. The molecule has 0 aliphatic rings. The molecule has 0 amide bonds. The molecule has 0 bridgehead atoms. The zero-order valence-corrected chi connectivity index (χ0v) is 12.2. The first-order valence-electron chi connectivity index (χ1n) is 5.35. The molecule has 0 saturated heterocycles. The number of pyridine rings is 1. The zero-order valence-electron chi connectivity index (χ0n) is 9.77. The first-order valence-corrected chi connectivity index (χ1v) is 6.55. The van der Waals surface area contributed by atoms with Gasteiger partial charge in [-0.15, -0.1) is 0 Å². The Morgan fingerprint density at radius 3 is 2.56 bits per heavy atom. The number of nitrogens with zero attached hydrogens (tertiary/aromatic N) is 1. The van der Waals surface area contributed by atoms with Gasteiger partial charge in [0.05, 0.1) is 11.9 Å². The molecule has 5 heteroatoms. The van der Waals surface area contributed by atoms with Gasteiger partial charge in [0.2, 0.25) is 0 Å². The Bertz CT molecular complexity index is 581. The lowest BCUT2D eigenvalue weighted by atomic mass is 10.2. The molecule has 2 rings (SSSR count). The van der Waals surface area contributed by atoms with E-state index in [1.165, 1.54) is 0 Å². The Morgan fingerprint density at radius 1 is 1.28 bits per heavy atom. The van der Waals surface area contributed by atoms with Crippen LogP contribution in [0, 0.1) is 6.92 Å². The smallest absolute Gasteiger partial charge is 0.105 e. The highest BCUT2D eigenvalue weighted by Crippen LogP contribution is 2.24. The minimum atomic E-state index is 0.380. The first kappa shape index (κ1) is 13.0. The molecule has 0 aliphatic carbocycles. The van der Waals surface area contributed by atoms with Crippen molar-refractivity contribution in [3.8, 4) is 0 Å². The minimum absolute atomic E-state index is 0.380. The molecule has 1 aromatic carbocycles. The normalized spacial score (nSPS) is 10.1. The van der Waals surface area contributed by atoms with Gasteiger partial charge in [0.25, 0.3) is 0 Å². The lowest BCUT2D eigenvalue weighted by molar-refractivity contribution is 1.20. The van der Waals surface area contributed by atoms with Crippen molar-refractivity contribution in [3.05, 3.63) is 52.3 Å². The molecule has 0 aliphatic heterocycles. The van der Waals surface area contributed by atoms with Crippen LogP contribution in [-0.2, 0) is 0 Å². The molecule has 0 spiro atoms. The van der Waals surface area contributed by atoms with E-state index in [2.05, 4.69) is 26.2 Å². The topological polar surface area (TPSA) is 50.9 Å². The van der Waals surface area contributed by atoms with Crippen molar-refractivity contribution in [1.82, 2.24) is 4.98 Å². The molecule has 92 valence electrons. The summed E-state index contributed by atoms with van der Waals surface area (Å²) in [5.74, 6) is 0. The number of nitrogens with two attached hydrogens (primary N) is 1. The maximum absolute atomic E-state index is 5.60. The van der Waals surface area contributed by atoms with Crippen LogP contribution in [0.5, 0.6) is 0 Å². The average Bonchev–Trinajstić information content (AvgIpc) is 2.32. The highest BCUT2D eigenvalue weighted by atomic mass is 79.9. The van der Waals surface area contributed by atoms with Crippen molar-refractivity contribution in [1.29, 1.82) is 0 Å². The second kappa shape index (κ2) is 5.46. The maximum Gasteiger partial charge on any atom is 0.105 e. The molecular weight excluding hydrogens is 310 g/mol. The van der Waals surface area contributed by atoms with Crippen LogP contribution in [0.15, 0.2) is 41.0 Å². The molecule has 1 heterocycles. The van der Waals surface area contributed by atoms with Crippen molar-refractivity contribution in [2.75, 3.05) is 5.32 Å². The molecule has 0 fully saturated rings. The van der Waals surface area contributed by atoms with Gasteiger partial charge in [0.1, 0.15) is 4.99 Å². The van der Waals surface area contributed by atoms with Crippen molar-refractivity contribution >= 4 is 44.5 Å². The summed E-state index contributed by atoms with van der Waals surface area (Å²) < 4.78 is 0.875. The molecule has 18 heavy (non-hydrogen) atoms. The summed E-state index contributed by atoms with van der Waals surface area (Å²) in [6.07, 6.45) is 1.80. The van der Waals surface area contributed by atoms with E-state index in [0.717, 1.165) is 27.1 Å². The number of halogens is 1. The van der Waals surface area contributed by atoms with Gasteiger partial charge in [-0.1, -0.05) is 12.2 Å². The third kappa shape index (κ3) is 3.05. The van der Waals surface area contributed by atoms with Crippen molar-refractivity contribution in [3.63, 3.8) is 0 Å². The highest BCUT2D eigenvalue weighted by molar-refractivity contribution is 9.10. The van der Waals surface area contributed by atoms with Crippen molar-refractivity contribution in [2.24, 2.45) is 5.73 Å². The SMILES string of the molecule is Cc1ccc(Nc2ccc(C(N)=S)c(Br)c2)cn1. The average molecular weight is 322 g/mol. The van der Waals surface area contributed by atoms with Crippen molar-refractivity contribution < 1.29 is 0 Å². The zero-order chi connectivity index (χ0) is 13.1. The van der Waals surface area contributed by atoms with Gasteiger partial charge in [-0.3, -0.25) is 4.98 Å². The van der Waals surface area contributed by atoms with Crippen LogP contribution >= 0.6 is 28.1 Å². The number of anilines is 2. The fourth-order valence-corrected chi connectivity index (χ4v) is 2.40. The number of hydrogen-bond donors (Lipinski definition) is 2. The summed E-state index contributed by atoms with van der Waals surface area (Å²) in [6.45, 7) is 1.96. The van der Waals surface area contributed by atoms with E-state index in [0.29, 0.717) is 4.99 Å². The summed E-state index contributed by atoms with van der Waals surface area (Å²) in [5, 5.41) is 3.26. The molecule has 0 atom stereocenters. The lowest BCUT2D eigenvalue weighted by Crippen LogP contribution is -2.10. The number of thiocarbonyl (C=S) groups is 1. The molecular formula is C13H12BrN3S. The van der Waals surface area contributed by atoms with E-state index < -0.39 is 0 Å². The third-order valence-corrected chi connectivity index (χ3v) is 3.31. The monoisotopic (exact) mass is 321 g/mol. The van der Waals surface area contributed by atoms with E-state index in [1.54, 1.807) is 6.20 Å². The van der Waals surface area contributed by atoms with Crippen LogP contribution in [0.1, 0.15) is 11.3 Å². The number of aryl methyl sites for hydroxylation is 1. The second-order valence-electron chi connectivity index (χ2n) is 3.87. The van der Waals surface area contributed by atoms with Crippen LogP contribution in [0.25, 0.3) is 0 Å². The Balaban J connectivity index is 2.22. The van der Waals surface area contributed by atoms with E-state index >= 15 is 0 Å². The standard InChI is InChI=1S/C13H12BrN3S/c1-8-2-3-10(7-16-8)17-9-4-5-11(13(15)18)12(14)6-9/h2-7,17H,1H3,(H2,15,18). The van der Waals surface area contributed by atoms with Crippen LogP contribution in [-0.4, -0.2) is 9.97 Å². The van der Waals surface area contributed by atoms with Crippen LogP contribution < -0.4 is 11.1 Å². The lowest BCUT2D eigenvalue weighted by Gasteiger charge is -2.09. The quantitative estimate of drug-likeness (QED) is 0.849. The fraction of sp³-hybridized carbons (Fsp3) is 0.0769. The fourth-order valence-electron chi connectivity index (χ4n) is 1.50. The molecule has 2 aromatic rings. The Kier molecular flexibility index (Phi) is 3.93. The third-order valence-electron chi connectivity index (χ3n) is 2.43.